The van der Waals surface area contributed by atoms with E-state index in [1.165, 1.54) is 12.1 Å². The van der Waals surface area contributed by atoms with Gasteiger partial charge in [-0.15, -0.1) is 0 Å². The van der Waals surface area contributed by atoms with Crippen molar-refractivity contribution < 1.29 is 13.2 Å². The molecule has 0 bridgehead atoms. The zero-order valence-electron chi connectivity index (χ0n) is 15.1. The first-order valence-electron chi connectivity index (χ1n) is 8.42. The molecule has 5 nitrogen and oxygen atoms in total. The highest BCUT2D eigenvalue weighted by Crippen LogP contribution is 2.24. The minimum absolute atomic E-state index is 0.179. The molecule has 3 aromatic rings. The number of nitrogens with one attached hydrogen (secondary N) is 2. The van der Waals surface area contributed by atoms with E-state index >= 15 is 0 Å². The molecule has 0 radical (unpaired) electrons. The molecule has 0 aliphatic carbocycles. The molecule has 3 rings (SSSR count). The van der Waals surface area contributed by atoms with Crippen molar-refractivity contribution in [2.24, 2.45) is 0 Å². The maximum Gasteiger partial charge on any atom is 0.261 e. The molecule has 0 atom stereocenters. The number of hydrogen-bond acceptors (Lipinski definition) is 3. The fourth-order valence-electron chi connectivity index (χ4n) is 2.52. The SMILES string of the molecule is Cc1ccc(C(=O)Nc2ccc(C)c(NS(=O)(=O)c3ccccc3)c2)cc1. The van der Waals surface area contributed by atoms with Crippen LogP contribution in [-0.4, -0.2) is 14.3 Å². The maximum atomic E-state index is 12.5. The number of rotatable bonds is 5. The van der Waals surface area contributed by atoms with Gasteiger partial charge in [0.15, 0.2) is 0 Å². The second-order valence-electron chi connectivity index (χ2n) is 6.27. The predicted octanol–water partition coefficient (Wildman–Crippen LogP) is 4.36. The predicted molar refractivity (Wildman–Crippen MR) is 108 cm³/mol. The number of sulfonamides is 1. The van der Waals surface area contributed by atoms with Crippen molar-refractivity contribution in [3.63, 3.8) is 0 Å². The van der Waals surface area contributed by atoms with Gasteiger partial charge in [0.2, 0.25) is 0 Å². The van der Waals surface area contributed by atoms with Crippen LogP contribution in [0.4, 0.5) is 11.4 Å². The fraction of sp³-hybridized carbons (Fsp3) is 0.0952. The Bertz CT molecular complexity index is 1060. The molecule has 6 heteroatoms. The fourth-order valence-corrected chi connectivity index (χ4v) is 3.66. The van der Waals surface area contributed by atoms with Gasteiger partial charge in [-0.2, -0.15) is 0 Å². The van der Waals surface area contributed by atoms with E-state index in [2.05, 4.69) is 10.0 Å². The van der Waals surface area contributed by atoms with Crippen LogP contribution in [0, 0.1) is 13.8 Å². The molecule has 0 aliphatic heterocycles. The van der Waals surface area contributed by atoms with Gasteiger partial charge in [0.1, 0.15) is 0 Å². The second kappa shape index (κ2) is 7.63. The largest absolute Gasteiger partial charge is 0.322 e. The summed E-state index contributed by atoms with van der Waals surface area (Å²) in [6.07, 6.45) is 0. The molecule has 0 saturated carbocycles. The number of carbonyl (C=O) groups excluding carboxylic acids is 1. The van der Waals surface area contributed by atoms with Gasteiger partial charge in [0.05, 0.1) is 10.6 Å². The Kier molecular flexibility index (Phi) is 5.28. The van der Waals surface area contributed by atoms with E-state index in [4.69, 9.17) is 0 Å². The zero-order chi connectivity index (χ0) is 19.4. The van der Waals surface area contributed by atoms with Gasteiger partial charge in [-0.05, 0) is 55.8 Å². The minimum Gasteiger partial charge on any atom is -0.322 e. The molecule has 0 fully saturated rings. The quantitative estimate of drug-likeness (QED) is 0.691. The van der Waals surface area contributed by atoms with Crippen LogP contribution >= 0.6 is 0 Å². The molecule has 0 heterocycles. The van der Waals surface area contributed by atoms with Gasteiger partial charge in [-0.1, -0.05) is 42.0 Å². The van der Waals surface area contributed by atoms with Crippen molar-refractivity contribution in [1.82, 2.24) is 0 Å². The molecule has 0 saturated heterocycles. The molecule has 0 unspecified atom stereocenters. The van der Waals surface area contributed by atoms with Crippen LogP contribution in [-0.2, 0) is 10.0 Å². The Morgan fingerprint density at radius 1 is 0.852 bits per heavy atom. The molecular formula is C21H20N2O3S. The Hall–Kier alpha value is -3.12. The average Bonchev–Trinajstić information content (AvgIpc) is 2.65. The number of aryl methyl sites for hydroxylation is 2. The lowest BCUT2D eigenvalue weighted by Crippen LogP contribution is -2.15. The van der Waals surface area contributed by atoms with E-state index in [-0.39, 0.29) is 10.8 Å². The van der Waals surface area contributed by atoms with Crippen LogP contribution in [0.15, 0.2) is 77.7 Å². The highest BCUT2D eigenvalue weighted by Gasteiger charge is 2.15. The van der Waals surface area contributed by atoms with E-state index < -0.39 is 10.0 Å². The summed E-state index contributed by atoms with van der Waals surface area (Å²) in [5, 5.41) is 2.80. The minimum atomic E-state index is -3.70. The summed E-state index contributed by atoms with van der Waals surface area (Å²) < 4.78 is 27.7. The van der Waals surface area contributed by atoms with Crippen molar-refractivity contribution in [3.05, 3.63) is 89.5 Å². The Morgan fingerprint density at radius 2 is 1.52 bits per heavy atom. The average molecular weight is 380 g/mol. The van der Waals surface area contributed by atoms with E-state index in [1.807, 2.05) is 19.1 Å². The summed E-state index contributed by atoms with van der Waals surface area (Å²) in [4.78, 5) is 12.6. The number of hydrogen-bond donors (Lipinski definition) is 2. The van der Waals surface area contributed by atoms with Crippen molar-refractivity contribution in [2.45, 2.75) is 18.7 Å². The Labute approximate surface area is 159 Å². The summed E-state index contributed by atoms with van der Waals surface area (Å²) in [6, 6.07) is 20.5. The second-order valence-corrected chi connectivity index (χ2v) is 7.95. The summed E-state index contributed by atoms with van der Waals surface area (Å²) >= 11 is 0. The first kappa shape index (κ1) is 18.7. The molecule has 1 amide bonds. The molecule has 27 heavy (non-hydrogen) atoms. The van der Waals surface area contributed by atoms with E-state index in [0.29, 0.717) is 16.9 Å². The summed E-state index contributed by atoms with van der Waals surface area (Å²) in [5.74, 6) is -0.254. The van der Waals surface area contributed by atoms with Crippen LogP contribution in [0.3, 0.4) is 0 Å². The third-order valence-corrected chi connectivity index (χ3v) is 5.49. The van der Waals surface area contributed by atoms with Gasteiger partial charge < -0.3 is 5.32 Å². The molecular weight excluding hydrogens is 360 g/mol. The Morgan fingerprint density at radius 3 is 2.19 bits per heavy atom. The first-order chi connectivity index (χ1) is 12.8. The maximum absolute atomic E-state index is 12.5. The highest BCUT2D eigenvalue weighted by atomic mass is 32.2. The van der Waals surface area contributed by atoms with Crippen LogP contribution in [0.25, 0.3) is 0 Å². The monoisotopic (exact) mass is 380 g/mol. The zero-order valence-corrected chi connectivity index (χ0v) is 15.9. The highest BCUT2D eigenvalue weighted by molar-refractivity contribution is 7.92. The lowest BCUT2D eigenvalue weighted by Gasteiger charge is -2.13. The third kappa shape index (κ3) is 4.54. The lowest BCUT2D eigenvalue weighted by molar-refractivity contribution is 0.102. The lowest BCUT2D eigenvalue weighted by atomic mass is 10.1. The summed E-state index contributed by atoms with van der Waals surface area (Å²) in [7, 11) is -3.70. The van der Waals surface area contributed by atoms with Gasteiger partial charge >= 0.3 is 0 Å². The van der Waals surface area contributed by atoms with Crippen LogP contribution < -0.4 is 10.0 Å². The van der Waals surface area contributed by atoms with Crippen LogP contribution in [0.2, 0.25) is 0 Å². The van der Waals surface area contributed by atoms with E-state index in [1.54, 1.807) is 55.5 Å². The third-order valence-electron chi connectivity index (χ3n) is 4.11. The Balaban J connectivity index is 1.82. The molecule has 0 spiro atoms. The molecule has 138 valence electrons. The van der Waals surface area contributed by atoms with Crippen LogP contribution in [0.1, 0.15) is 21.5 Å². The normalized spacial score (nSPS) is 11.0. The van der Waals surface area contributed by atoms with Gasteiger partial charge in [-0.25, -0.2) is 8.42 Å². The molecule has 2 N–H and O–H groups in total. The number of benzene rings is 3. The van der Waals surface area contributed by atoms with Crippen LogP contribution in [0.5, 0.6) is 0 Å². The summed E-state index contributed by atoms with van der Waals surface area (Å²) in [6.45, 7) is 3.75. The van der Waals surface area contributed by atoms with Gasteiger partial charge in [-0.3, -0.25) is 9.52 Å². The number of carbonyl (C=O) groups is 1. The van der Waals surface area contributed by atoms with Crippen molar-refractivity contribution in [2.75, 3.05) is 10.0 Å². The van der Waals surface area contributed by atoms with E-state index in [0.717, 1.165) is 11.1 Å². The topological polar surface area (TPSA) is 75.3 Å². The van der Waals surface area contributed by atoms with Gasteiger partial charge in [0.25, 0.3) is 15.9 Å². The number of anilines is 2. The standard InChI is InChI=1S/C21H20N2O3S/c1-15-8-11-17(12-9-15)21(24)22-18-13-10-16(2)20(14-18)23-27(25,26)19-6-4-3-5-7-19/h3-14,23H,1-2H3,(H,22,24). The van der Waals surface area contributed by atoms with E-state index in [9.17, 15) is 13.2 Å². The molecule has 3 aromatic carbocycles. The van der Waals surface area contributed by atoms with Crippen molar-refractivity contribution in [1.29, 1.82) is 0 Å². The number of amides is 1. The summed E-state index contributed by atoms with van der Waals surface area (Å²) in [5.41, 5.74) is 3.28. The smallest absolute Gasteiger partial charge is 0.261 e. The van der Waals surface area contributed by atoms with Crippen molar-refractivity contribution >= 4 is 27.3 Å². The van der Waals surface area contributed by atoms with Crippen molar-refractivity contribution in [3.8, 4) is 0 Å². The molecule has 0 aliphatic rings. The first-order valence-corrected chi connectivity index (χ1v) is 9.90. The van der Waals surface area contributed by atoms with Gasteiger partial charge in [0, 0.05) is 11.3 Å². The molecule has 0 aromatic heterocycles.